The van der Waals surface area contributed by atoms with E-state index >= 15 is 0 Å². The average Bonchev–Trinajstić information content (AvgIpc) is 2.65. The van der Waals surface area contributed by atoms with Gasteiger partial charge in [-0.1, -0.05) is 11.8 Å². The third-order valence-electron chi connectivity index (χ3n) is 5.68. The normalized spacial score (nSPS) is 27.3. The first kappa shape index (κ1) is 17.6. The first-order valence-electron chi connectivity index (χ1n) is 9.34. The molecule has 3 fully saturated rings. The first-order chi connectivity index (χ1) is 12.6. The molecule has 0 saturated carbocycles. The fraction of sp³-hybridized carbons (Fsp3) is 0.429. The second kappa shape index (κ2) is 7.41. The van der Waals surface area contributed by atoms with Crippen LogP contribution in [0.25, 0.3) is 0 Å². The van der Waals surface area contributed by atoms with Crippen LogP contribution in [0.4, 0.5) is 0 Å². The smallest absolute Gasteiger partial charge is 0.251 e. The summed E-state index contributed by atoms with van der Waals surface area (Å²) in [7, 11) is 0. The lowest BCUT2D eigenvalue weighted by atomic mass is 9.79. The highest BCUT2D eigenvalue weighted by atomic mass is 32.2. The van der Waals surface area contributed by atoms with Crippen LogP contribution in [-0.2, 0) is 0 Å². The molecule has 2 bridgehead atoms. The average molecular weight is 368 g/mol. The van der Waals surface area contributed by atoms with Crippen molar-refractivity contribution in [3.05, 3.63) is 53.9 Å². The lowest BCUT2D eigenvalue weighted by Gasteiger charge is -2.49. The zero-order valence-electron chi connectivity index (χ0n) is 15.3. The van der Waals surface area contributed by atoms with Crippen LogP contribution in [0.15, 0.2) is 52.5 Å². The number of hydrogen-bond acceptors (Lipinski definition) is 4. The van der Waals surface area contributed by atoms with E-state index in [-0.39, 0.29) is 11.9 Å². The van der Waals surface area contributed by atoms with Crippen molar-refractivity contribution in [3.8, 4) is 0 Å². The topological polar surface area (TPSA) is 45.2 Å². The lowest BCUT2D eigenvalue weighted by Crippen LogP contribution is -2.62. The second-order valence-corrected chi connectivity index (χ2v) is 8.58. The maximum atomic E-state index is 12.7. The summed E-state index contributed by atoms with van der Waals surface area (Å²) in [5, 5.41) is 3.30. The van der Waals surface area contributed by atoms with Crippen molar-refractivity contribution < 1.29 is 4.79 Å². The van der Waals surface area contributed by atoms with Gasteiger partial charge in [0.1, 0.15) is 0 Å². The molecule has 5 rings (SSSR count). The molecule has 3 aliphatic rings. The van der Waals surface area contributed by atoms with Gasteiger partial charge in [-0.2, -0.15) is 0 Å². The molecule has 2 atom stereocenters. The van der Waals surface area contributed by atoms with Crippen LogP contribution in [-0.4, -0.2) is 41.0 Å². The van der Waals surface area contributed by atoms with Gasteiger partial charge in [0.15, 0.2) is 0 Å². The SMILES string of the molecule is Cc1cncc(Sc2ccc(C(=O)NC3C4CCN(CC4)C3C)cc2)c1. The van der Waals surface area contributed by atoms with Crippen LogP contribution in [0.5, 0.6) is 0 Å². The highest BCUT2D eigenvalue weighted by Crippen LogP contribution is 2.32. The van der Waals surface area contributed by atoms with Crippen LogP contribution in [0.3, 0.4) is 0 Å². The van der Waals surface area contributed by atoms with E-state index < -0.39 is 0 Å². The third kappa shape index (κ3) is 3.64. The van der Waals surface area contributed by atoms with Crippen LogP contribution >= 0.6 is 11.8 Å². The van der Waals surface area contributed by atoms with Crippen molar-refractivity contribution in [2.75, 3.05) is 13.1 Å². The number of aryl methyl sites for hydroxylation is 1. The highest BCUT2D eigenvalue weighted by Gasteiger charge is 2.40. The Kier molecular flexibility index (Phi) is 5.00. The standard InChI is InChI=1S/C21H25N3OS/c1-14-11-19(13-22-12-14)26-18-5-3-17(4-6-18)21(25)23-20-15(2)24-9-7-16(20)8-10-24/h3-6,11-13,15-16,20H,7-10H2,1-2H3,(H,23,25). The largest absolute Gasteiger partial charge is 0.347 e. The zero-order valence-corrected chi connectivity index (χ0v) is 16.1. The number of nitrogens with one attached hydrogen (secondary N) is 1. The molecular weight excluding hydrogens is 342 g/mol. The van der Waals surface area contributed by atoms with Crippen molar-refractivity contribution in [1.82, 2.24) is 15.2 Å². The van der Waals surface area contributed by atoms with E-state index in [9.17, 15) is 4.79 Å². The molecule has 26 heavy (non-hydrogen) atoms. The number of rotatable bonds is 4. The molecule has 1 aromatic heterocycles. The number of aromatic nitrogens is 1. The van der Waals surface area contributed by atoms with Crippen LogP contribution in [0, 0.1) is 12.8 Å². The Morgan fingerprint density at radius 2 is 1.88 bits per heavy atom. The van der Waals surface area contributed by atoms with Gasteiger partial charge in [0.05, 0.1) is 0 Å². The molecule has 0 radical (unpaired) electrons. The number of pyridine rings is 1. The second-order valence-electron chi connectivity index (χ2n) is 7.44. The molecule has 0 spiro atoms. The van der Waals surface area contributed by atoms with Crippen molar-refractivity contribution in [2.45, 2.75) is 48.6 Å². The Morgan fingerprint density at radius 1 is 1.15 bits per heavy atom. The molecule has 1 aromatic carbocycles. The van der Waals surface area contributed by atoms with Gasteiger partial charge in [0.25, 0.3) is 5.91 Å². The van der Waals surface area contributed by atoms with Gasteiger partial charge in [-0.25, -0.2) is 0 Å². The predicted octanol–water partition coefficient (Wildman–Crippen LogP) is 3.75. The molecule has 3 aliphatic heterocycles. The van der Waals surface area contributed by atoms with E-state index in [1.807, 2.05) is 43.6 Å². The van der Waals surface area contributed by atoms with Crippen molar-refractivity contribution in [3.63, 3.8) is 0 Å². The van der Waals surface area contributed by atoms with Crippen LogP contribution < -0.4 is 5.32 Å². The molecular formula is C21H25N3OS. The van der Waals surface area contributed by atoms with Gasteiger partial charge in [0, 0.05) is 39.8 Å². The zero-order chi connectivity index (χ0) is 18.1. The summed E-state index contributed by atoms with van der Waals surface area (Å²) in [6, 6.07) is 10.7. The van der Waals surface area contributed by atoms with E-state index in [0.717, 1.165) is 20.9 Å². The Labute approximate surface area is 159 Å². The lowest BCUT2D eigenvalue weighted by molar-refractivity contribution is 0.0217. The summed E-state index contributed by atoms with van der Waals surface area (Å²) in [5.41, 5.74) is 1.89. The quantitative estimate of drug-likeness (QED) is 0.894. The number of nitrogens with zero attached hydrogens (tertiary/aromatic N) is 2. The highest BCUT2D eigenvalue weighted by molar-refractivity contribution is 7.99. The van der Waals surface area contributed by atoms with E-state index in [1.54, 1.807) is 11.8 Å². The van der Waals surface area contributed by atoms with Crippen molar-refractivity contribution in [1.29, 1.82) is 0 Å². The molecule has 1 amide bonds. The van der Waals surface area contributed by atoms with Crippen molar-refractivity contribution >= 4 is 17.7 Å². The van der Waals surface area contributed by atoms with E-state index in [2.05, 4.69) is 28.2 Å². The predicted molar refractivity (Wildman–Crippen MR) is 105 cm³/mol. The molecule has 2 aromatic rings. The van der Waals surface area contributed by atoms with Gasteiger partial charge < -0.3 is 5.32 Å². The maximum absolute atomic E-state index is 12.7. The summed E-state index contributed by atoms with van der Waals surface area (Å²) in [6.07, 6.45) is 6.13. The maximum Gasteiger partial charge on any atom is 0.251 e. The summed E-state index contributed by atoms with van der Waals surface area (Å²) < 4.78 is 0. The molecule has 4 nitrogen and oxygen atoms in total. The fourth-order valence-electron chi connectivity index (χ4n) is 4.17. The number of carbonyl (C=O) groups is 1. The van der Waals surface area contributed by atoms with E-state index in [1.165, 1.54) is 25.9 Å². The molecule has 1 N–H and O–H groups in total. The van der Waals surface area contributed by atoms with Gasteiger partial charge >= 0.3 is 0 Å². The minimum absolute atomic E-state index is 0.0457. The molecule has 3 saturated heterocycles. The summed E-state index contributed by atoms with van der Waals surface area (Å²) >= 11 is 1.67. The summed E-state index contributed by atoms with van der Waals surface area (Å²) in [4.78, 5) is 21.7. The Hall–Kier alpha value is -1.85. The van der Waals surface area contributed by atoms with Gasteiger partial charge in [-0.05, 0) is 81.6 Å². The molecule has 2 unspecified atom stereocenters. The number of carbonyl (C=O) groups excluding carboxylic acids is 1. The monoisotopic (exact) mass is 367 g/mol. The van der Waals surface area contributed by atoms with Crippen LogP contribution in [0.1, 0.15) is 35.7 Å². The number of fused-ring (bicyclic) bond motifs is 3. The number of piperidine rings is 3. The minimum atomic E-state index is 0.0457. The Morgan fingerprint density at radius 3 is 2.54 bits per heavy atom. The summed E-state index contributed by atoms with van der Waals surface area (Å²) in [6.45, 7) is 6.64. The molecule has 5 heteroatoms. The number of hydrogen-bond donors (Lipinski definition) is 1. The molecule has 0 aliphatic carbocycles. The Bertz CT molecular complexity index is 782. The number of benzene rings is 1. The Balaban J connectivity index is 1.41. The van der Waals surface area contributed by atoms with Crippen molar-refractivity contribution in [2.24, 2.45) is 5.92 Å². The number of amides is 1. The molecule has 136 valence electrons. The molecule has 4 heterocycles. The minimum Gasteiger partial charge on any atom is -0.347 e. The fourth-order valence-corrected chi connectivity index (χ4v) is 5.08. The van der Waals surface area contributed by atoms with Gasteiger partial charge in [-0.3, -0.25) is 14.7 Å². The van der Waals surface area contributed by atoms with E-state index in [4.69, 9.17) is 0 Å². The summed E-state index contributed by atoms with van der Waals surface area (Å²) in [5.74, 6) is 0.673. The first-order valence-corrected chi connectivity index (χ1v) is 10.2. The van der Waals surface area contributed by atoms with Crippen LogP contribution in [0.2, 0.25) is 0 Å². The third-order valence-corrected chi connectivity index (χ3v) is 6.64. The van der Waals surface area contributed by atoms with E-state index in [0.29, 0.717) is 12.0 Å². The van der Waals surface area contributed by atoms with Gasteiger partial charge in [0.2, 0.25) is 0 Å². The van der Waals surface area contributed by atoms with Gasteiger partial charge in [-0.15, -0.1) is 0 Å².